The number of phenols is 2. The van der Waals surface area contributed by atoms with Gasteiger partial charge in [-0.15, -0.1) is 0 Å². The Labute approximate surface area is 179 Å². The number of pyridine rings is 1. The summed E-state index contributed by atoms with van der Waals surface area (Å²) in [4.78, 5) is 4.62. The van der Waals surface area contributed by atoms with Crippen molar-refractivity contribution in [3.8, 4) is 45.7 Å². The van der Waals surface area contributed by atoms with Gasteiger partial charge in [0.2, 0.25) is 0 Å². The molecule has 0 aliphatic rings. The fourth-order valence-corrected chi connectivity index (χ4v) is 3.28. The third kappa shape index (κ3) is 4.11. The highest BCUT2D eigenvalue weighted by atomic mass is 16.5. The Bertz CT molecular complexity index is 1260. The molecule has 4 rings (SSSR count). The summed E-state index contributed by atoms with van der Waals surface area (Å²) in [7, 11) is 1.59. The summed E-state index contributed by atoms with van der Waals surface area (Å²) in [6, 6.07) is 25.1. The van der Waals surface area contributed by atoms with Crippen LogP contribution in [0.3, 0.4) is 0 Å². The highest BCUT2D eigenvalue weighted by molar-refractivity contribution is 5.83. The topological polar surface area (TPSA) is 98.4 Å². The largest absolute Gasteiger partial charge is 0.508 e. The molecule has 0 radical (unpaired) electrons. The van der Waals surface area contributed by atoms with Crippen molar-refractivity contribution >= 4 is 11.5 Å². The average Bonchev–Trinajstić information content (AvgIpc) is 2.79. The molecular weight excluding hydrogens is 390 g/mol. The first kappa shape index (κ1) is 19.8. The van der Waals surface area contributed by atoms with Crippen molar-refractivity contribution in [2.24, 2.45) is 0 Å². The van der Waals surface area contributed by atoms with Gasteiger partial charge in [-0.2, -0.15) is 5.26 Å². The first-order valence-corrected chi connectivity index (χ1v) is 9.53. The standard InChI is InChI=1S/C25H19N3O3/c1-31-19-10-7-17(8-11-19)27-25-22(15-26)21(16-5-3-2-4-6-16)14-23(28-25)20-12-9-18(29)13-24(20)30/h2-14,29-30H,1H3,(H,27,28). The maximum Gasteiger partial charge on any atom is 0.149 e. The number of methoxy groups -OCH3 is 1. The maximum atomic E-state index is 10.4. The quantitative estimate of drug-likeness (QED) is 0.405. The van der Waals surface area contributed by atoms with E-state index in [1.807, 2.05) is 54.6 Å². The third-order valence-electron chi connectivity index (χ3n) is 4.83. The zero-order chi connectivity index (χ0) is 21.8. The Kier molecular flexibility index (Phi) is 5.41. The molecule has 6 nitrogen and oxygen atoms in total. The van der Waals surface area contributed by atoms with Gasteiger partial charge < -0.3 is 20.3 Å². The van der Waals surface area contributed by atoms with Gasteiger partial charge in [-0.3, -0.25) is 0 Å². The molecule has 0 fully saturated rings. The van der Waals surface area contributed by atoms with E-state index in [0.29, 0.717) is 34.0 Å². The molecule has 3 N–H and O–H groups in total. The molecule has 0 saturated heterocycles. The Hall–Kier alpha value is -4.50. The summed E-state index contributed by atoms with van der Waals surface area (Å²) in [6.07, 6.45) is 0. The number of aromatic hydroxyl groups is 2. The van der Waals surface area contributed by atoms with Crippen molar-refractivity contribution < 1.29 is 14.9 Å². The molecule has 0 amide bonds. The van der Waals surface area contributed by atoms with Crippen LogP contribution >= 0.6 is 0 Å². The number of nitrogens with zero attached hydrogens (tertiary/aromatic N) is 2. The van der Waals surface area contributed by atoms with Gasteiger partial charge in [0.25, 0.3) is 0 Å². The van der Waals surface area contributed by atoms with Crippen LogP contribution in [0.15, 0.2) is 78.9 Å². The SMILES string of the molecule is COc1ccc(Nc2nc(-c3ccc(O)cc3O)cc(-c3ccccc3)c2C#N)cc1. The second-order valence-corrected chi connectivity index (χ2v) is 6.81. The number of anilines is 2. The highest BCUT2D eigenvalue weighted by Gasteiger charge is 2.17. The van der Waals surface area contributed by atoms with Crippen LogP contribution in [0.25, 0.3) is 22.4 Å². The summed E-state index contributed by atoms with van der Waals surface area (Å²) in [5.74, 6) is 0.921. The molecule has 3 aromatic carbocycles. The van der Waals surface area contributed by atoms with E-state index in [0.717, 1.165) is 11.3 Å². The number of rotatable bonds is 5. The van der Waals surface area contributed by atoms with Gasteiger partial charge in [0.05, 0.1) is 12.8 Å². The van der Waals surface area contributed by atoms with E-state index < -0.39 is 0 Å². The number of benzene rings is 3. The van der Waals surface area contributed by atoms with E-state index in [4.69, 9.17) is 4.74 Å². The Balaban J connectivity index is 1.90. The number of ether oxygens (including phenoxy) is 1. The van der Waals surface area contributed by atoms with Crippen LogP contribution in [-0.2, 0) is 0 Å². The van der Waals surface area contributed by atoms with Crippen molar-refractivity contribution in [1.82, 2.24) is 4.98 Å². The average molecular weight is 409 g/mol. The van der Waals surface area contributed by atoms with Crippen molar-refractivity contribution in [3.63, 3.8) is 0 Å². The lowest BCUT2D eigenvalue weighted by Crippen LogP contribution is -2.01. The van der Waals surface area contributed by atoms with Gasteiger partial charge in [-0.1, -0.05) is 30.3 Å². The van der Waals surface area contributed by atoms with E-state index in [1.54, 1.807) is 19.2 Å². The first-order valence-electron chi connectivity index (χ1n) is 9.53. The zero-order valence-corrected chi connectivity index (χ0v) is 16.7. The van der Waals surface area contributed by atoms with Crippen LogP contribution in [0.1, 0.15) is 5.56 Å². The van der Waals surface area contributed by atoms with Gasteiger partial charge in [0.15, 0.2) is 0 Å². The minimum atomic E-state index is -0.105. The van der Waals surface area contributed by atoms with E-state index in [1.165, 1.54) is 12.1 Å². The molecule has 1 aromatic heterocycles. The molecule has 1 heterocycles. The number of nitriles is 1. The molecular formula is C25H19N3O3. The van der Waals surface area contributed by atoms with Gasteiger partial charge in [0.1, 0.15) is 34.7 Å². The van der Waals surface area contributed by atoms with E-state index in [-0.39, 0.29) is 11.5 Å². The van der Waals surface area contributed by atoms with Gasteiger partial charge in [0, 0.05) is 22.9 Å². The summed E-state index contributed by atoms with van der Waals surface area (Å²) < 4.78 is 5.20. The Morgan fingerprint density at radius 1 is 0.903 bits per heavy atom. The van der Waals surface area contributed by atoms with Crippen molar-refractivity contribution in [1.29, 1.82) is 5.26 Å². The van der Waals surface area contributed by atoms with E-state index in [2.05, 4.69) is 16.4 Å². The van der Waals surface area contributed by atoms with Crippen LogP contribution in [0.5, 0.6) is 17.2 Å². The molecule has 6 heteroatoms. The first-order chi connectivity index (χ1) is 15.1. The van der Waals surface area contributed by atoms with Crippen molar-refractivity contribution in [3.05, 3.63) is 84.4 Å². The predicted molar refractivity (Wildman–Crippen MR) is 119 cm³/mol. The molecule has 4 aromatic rings. The third-order valence-corrected chi connectivity index (χ3v) is 4.83. The summed E-state index contributed by atoms with van der Waals surface area (Å²) in [5, 5.41) is 33.2. The number of hydrogen-bond donors (Lipinski definition) is 3. The summed E-state index contributed by atoms with van der Waals surface area (Å²) >= 11 is 0. The molecule has 0 atom stereocenters. The lowest BCUT2D eigenvalue weighted by Gasteiger charge is -2.15. The predicted octanol–water partition coefficient (Wildman–Crippen LogP) is 5.45. The van der Waals surface area contributed by atoms with E-state index in [9.17, 15) is 15.5 Å². The van der Waals surface area contributed by atoms with Gasteiger partial charge in [-0.25, -0.2) is 4.98 Å². The van der Waals surface area contributed by atoms with Crippen molar-refractivity contribution in [2.75, 3.05) is 12.4 Å². The molecule has 0 unspecified atom stereocenters. The monoisotopic (exact) mass is 409 g/mol. The lowest BCUT2D eigenvalue weighted by molar-refractivity contribution is 0.415. The molecule has 31 heavy (non-hydrogen) atoms. The number of aromatic nitrogens is 1. The number of phenolic OH excluding ortho intramolecular Hbond substituents is 2. The van der Waals surface area contributed by atoms with Crippen molar-refractivity contribution in [2.45, 2.75) is 0 Å². The highest BCUT2D eigenvalue weighted by Crippen LogP contribution is 2.37. The molecule has 0 saturated carbocycles. The second kappa shape index (κ2) is 8.47. The van der Waals surface area contributed by atoms with Crippen LogP contribution in [-0.4, -0.2) is 22.3 Å². The number of hydrogen-bond acceptors (Lipinski definition) is 6. The lowest BCUT2D eigenvalue weighted by atomic mass is 9.98. The smallest absolute Gasteiger partial charge is 0.149 e. The molecule has 152 valence electrons. The Morgan fingerprint density at radius 2 is 1.65 bits per heavy atom. The maximum absolute atomic E-state index is 10.4. The zero-order valence-electron chi connectivity index (χ0n) is 16.7. The van der Waals surface area contributed by atoms with Crippen LogP contribution < -0.4 is 10.1 Å². The molecule has 0 spiro atoms. The van der Waals surface area contributed by atoms with E-state index >= 15 is 0 Å². The van der Waals surface area contributed by atoms with Crippen LogP contribution in [0.2, 0.25) is 0 Å². The Morgan fingerprint density at radius 3 is 2.29 bits per heavy atom. The second-order valence-electron chi connectivity index (χ2n) is 6.81. The molecule has 0 bridgehead atoms. The molecule has 0 aliphatic carbocycles. The van der Waals surface area contributed by atoms with Crippen LogP contribution in [0, 0.1) is 11.3 Å². The van der Waals surface area contributed by atoms with Gasteiger partial charge >= 0.3 is 0 Å². The summed E-state index contributed by atoms with van der Waals surface area (Å²) in [5.41, 5.74) is 3.54. The fourth-order valence-electron chi connectivity index (χ4n) is 3.28. The minimum Gasteiger partial charge on any atom is -0.508 e. The molecule has 0 aliphatic heterocycles. The van der Waals surface area contributed by atoms with Gasteiger partial charge in [-0.05, 0) is 48.0 Å². The van der Waals surface area contributed by atoms with Crippen LogP contribution in [0.4, 0.5) is 11.5 Å². The summed E-state index contributed by atoms with van der Waals surface area (Å²) in [6.45, 7) is 0. The number of nitrogens with one attached hydrogen (secondary N) is 1. The minimum absolute atomic E-state index is 0.0465. The fraction of sp³-hybridized carbons (Fsp3) is 0.0400. The normalized spacial score (nSPS) is 10.3.